The number of amides is 1. The topological polar surface area (TPSA) is 72.7 Å². The maximum absolute atomic E-state index is 12.9. The van der Waals surface area contributed by atoms with Crippen molar-refractivity contribution in [1.82, 2.24) is 24.8 Å². The lowest BCUT2D eigenvalue weighted by molar-refractivity contribution is 0.0622. The molecule has 8 heteroatoms. The standard InChI is InChI=1S/C23H31N5O3/c29-23(20-16-28(25-24-20)9-8-18-4-2-1-3-5-18)27-12-10-26(11-13-27)15-19-6-7-21-22(14-19)31-17-30-21/h6-7,14,16,18H,1-5,8-13,15,17H2. The van der Waals surface area contributed by atoms with Crippen LogP contribution in [0.2, 0.25) is 0 Å². The number of carbonyl (C=O) groups excluding carboxylic acids is 1. The monoisotopic (exact) mass is 425 g/mol. The molecule has 3 aliphatic rings. The van der Waals surface area contributed by atoms with Gasteiger partial charge < -0.3 is 14.4 Å². The summed E-state index contributed by atoms with van der Waals surface area (Å²) in [6.07, 6.45) is 9.70. The van der Waals surface area contributed by atoms with Crippen molar-refractivity contribution in [3.8, 4) is 11.5 Å². The first kappa shape index (κ1) is 20.3. The van der Waals surface area contributed by atoms with E-state index >= 15 is 0 Å². The number of aromatic nitrogens is 3. The fraction of sp³-hybridized carbons (Fsp3) is 0.609. The van der Waals surface area contributed by atoms with Gasteiger partial charge in [-0.2, -0.15) is 0 Å². The number of ether oxygens (including phenoxy) is 2. The van der Waals surface area contributed by atoms with Crippen molar-refractivity contribution in [3.05, 3.63) is 35.7 Å². The Balaban J connectivity index is 1.09. The summed E-state index contributed by atoms with van der Waals surface area (Å²) in [6, 6.07) is 6.09. The van der Waals surface area contributed by atoms with Gasteiger partial charge in [-0.05, 0) is 30.0 Å². The van der Waals surface area contributed by atoms with E-state index < -0.39 is 0 Å². The molecule has 2 fully saturated rings. The summed E-state index contributed by atoms with van der Waals surface area (Å²) in [5.74, 6) is 2.42. The SMILES string of the molecule is O=C(c1cn(CCC2CCCCC2)nn1)N1CCN(Cc2ccc3c(c2)OCO3)CC1. The van der Waals surface area contributed by atoms with Gasteiger partial charge in [0.15, 0.2) is 17.2 Å². The minimum absolute atomic E-state index is 0.00774. The lowest BCUT2D eigenvalue weighted by atomic mass is 9.87. The molecule has 31 heavy (non-hydrogen) atoms. The molecular weight excluding hydrogens is 394 g/mol. The number of nitrogens with zero attached hydrogens (tertiary/aromatic N) is 5. The van der Waals surface area contributed by atoms with E-state index in [1.165, 1.54) is 37.7 Å². The molecule has 1 aromatic heterocycles. The maximum Gasteiger partial charge on any atom is 0.276 e. The van der Waals surface area contributed by atoms with Crippen LogP contribution in [0.4, 0.5) is 0 Å². The van der Waals surface area contributed by atoms with Crippen LogP contribution in [-0.4, -0.2) is 63.7 Å². The Morgan fingerprint density at radius 3 is 2.68 bits per heavy atom. The summed E-state index contributed by atoms with van der Waals surface area (Å²) in [7, 11) is 0. The highest BCUT2D eigenvalue weighted by Crippen LogP contribution is 2.33. The van der Waals surface area contributed by atoms with Gasteiger partial charge in [0.25, 0.3) is 5.91 Å². The second-order valence-corrected chi connectivity index (χ2v) is 8.92. The summed E-state index contributed by atoms with van der Waals surface area (Å²) in [5.41, 5.74) is 1.66. The molecule has 1 amide bonds. The molecule has 1 saturated heterocycles. The summed E-state index contributed by atoms with van der Waals surface area (Å²) < 4.78 is 12.7. The summed E-state index contributed by atoms with van der Waals surface area (Å²) >= 11 is 0. The summed E-state index contributed by atoms with van der Waals surface area (Å²) in [6.45, 7) is 5.09. The predicted octanol–water partition coefficient (Wildman–Crippen LogP) is 2.94. The van der Waals surface area contributed by atoms with Crippen molar-refractivity contribution in [3.63, 3.8) is 0 Å². The van der Waals surface area contributed by atoms with Crippen LogP contribution in [0.25, 0.3) is 0 Å². The fourth-order valence-electron chi connectivity index (χ4n) is 4.86. The Kier molecular flexibility index (Phi) is 6.06. The third-order valence-electron chi connectivity index (χ3n) is 6.75. The highest BCUT2D eigenvalue weighted by molar-refractivity contribution is 5.92. The second kappa shape index (κ2) is 9.26. The zero-order valence-corrected chi connectivity index (χ0v) is 18.0. The molecule has 0 unspecified atom stereocenters. The van der Waals surface area contributed by atoms with Crippen molar-refractivity contribution in [2.45, 2.75) is 51.6 Å². The number of carbonyl (C=O) groups is 1. The molecule has 1 saturated carbocycles. The molecule has 5 rings (SSSR count). The number of fused-ring (bicyclic) bond motifs is 1. The quantitative estimate of drug-likeness (QED) is 0.709. The Hall–Kier alpha value is -2.61. The maximum atomic E-state index is 12.9. The minimum Gasteiger partial charge on any atom is -0.454 e. The first-order valence-corrected chi connectivity index (χ1v) is 11.5. The summed E-state index contributed by atoms with van der Waals surface area (Å²) in [4.78, 5) is 17.1. The molecule has 2 aliphatic heterocycles. The van der Waals surface area contributed by atoms with Gasteiger partial charge in [-0.3, -0.25) is 14.4 Å². The molecule has 0 bridgehead atoms. The van der Waals surface area contributed by atoms with Gasteiger partial charge in [0.2, 0.25) is 6.79 Å². The van der Waals surface area contributed by atoms with Gasteiger partial charge in [0.1, 0.15) is 0 Å². The number of aryl methyl sites for hydroxylation is 1. The molecular formula is C23H31N5O3. The molecule has 166 valence electrons. The lowest BCUT2D eigenvalue weighted by Crippen LogP contribution is -2.48. The fourth-order valence-corrected chi connectivity index (χ4v) is 4.86. The van der Waals surface area contributed by atoms with Crippen LogP contribution in [0, 0.1) is 5.92 Å². The molecule has 0 radical (unpaired) electrons. The van der Waals surface area contributed by atoms with Crippen molar-refractivity contribution < 1.29 is 14.3 Å². The van der Waals surface area contributed by atoms with Gasteiger partial charge >= 0.3 is 0 Å². The highest BCUT2D eigenvalue weighted by Gasteiger charge is 2.25. The number of hydrogen-bond acceptors (Lipinski definition) is 6. The van der Waals surface area contributed by atoms with Crippen LogP contribution in [0.1, 0.15) is 54.6 Å². The van der Waals surface area contributed by atoms with E-state index in [4.69, 9.17) is 9.47 Å². The third kappa shape index (κ3) is 4.84. The molecule has 0 spiro atoms. The van der Waals surface area contributed by atoms with Gasteiger partial charge in [-0.1, -0.05) is 43.4 Å². The number of rotatable bonds is 6. The smallest absolute Gasteiger partial charge is 0.276 e. The Morgan fingerprint density at radius 1 is 1.03 bits per heavy atom. The second-order valence-electron chi connectivity index (χ2n) is 8.92. The highest BCUT2D eigenvalue weighted by atomic mass is 16.7. The van der Waals surface area contributed by atoms with E-state index in [0.29, 0.717) is 25.6 Å². The van der Waals surface area contributed by atoms with Crippen LogP contribution >= 0.6 is 0 Å². The number of piperazine rings is 1. The van der Waals surface area contributed by atoms with Crippen molar-refractivity contribution >= 4 is 5.91 Å². The third-order valence-corrected chi connectivity index (χ3v) is 6.75. The predicted molar refractivity (Wildman–Crippen MR) is 115 cm³/mol. The average Bonchev–Trinajstić information content (AvgIpc) is 3.48. The summed E-state index contributed by atoms with van der Waals surface area (Å²) in [5, 5.41) is 8.36. The Labute approximate surface area is 183 Å². The first-order valence-electron chi connectivity index (χ1n) is 11.5. The van der Waals surface area contributed by atoms with E-state index in [0.717, 1.165) is 50.0 Å². The van der Waals surface area contributed by atoms with Gasteiger partial charge in [0.05, 0.1) is 6.20 Å². The largest absolute Gasteiger partial charge is 0.454 e. The molecule has 0 atom stereocenters. The van der Waals surface area contributed by atoms with E-state index in [1.807, 2.05) is 27.9 Å². The van der Waals surface area contributed by atoms with E-state index in [-0.39, 0.29) is 5.91 Å². The van der Waals surface area contributed by atoms with Crippen LogP contribution < -0.4 is 9.47 Å². The van der Waals surface area contributed by atoms with E-state index in [1.54, 1.807) is 0 Å². The molecule has 0 N–H and O–H groups in total. The number of benzene rings is 1. The zero-order chi connectivity index (χ0) is 21.0. The lowest BCUT2D eigenvalue weighted by Gasteiger charge is -2.34. The van der Waals surface area contributed by atoms with Crippen LogP contribution in [0.5, 0.6) is 11.5 Å². The average molecular weight is 426 g/mol. The first-order chi connectivity index (χ1) is 15.2. The van der Waals surface area contributed by atoms with Crippen molar-refractivity contribution in [2.24, 2.45) is 5.92 Å². The Bertz CT molecular complexity index is 900. The van der Waals surface area contributed by atoms with Crippen LogP contribution in [0.15, 0.2) is 24.4 Å². The molecule has 1 aliphatic carbocycles. The molecule has 8 nitrogen and oxygen atoms in total. The minimum atomic E-state index is -0.00774. The molecule has 3 heterocycles. The van der Waals surface area contributed by atoms with Crippen molar-refractivity contribution in [1.29, 1.82) is 0 Å². The molecule has 2 aromatic rings. The normalized spacial score (nSPS) is 19.7. The van der Waals surface area contributed by atoms with E-state index in [9.17, 15) is 4.79 Å². The van der Waals surface area contributed by atoms with Gasteiger partial charge in [-0.25, -0.2) is 0 Å². The van der Waals surface area contributed by atoms with Gasteiger partial charge in [-0.15, -0.1) is 5.10 Å². The van der Waals surface area contributed by atoms with Crippen molar-refractivity contribution in [2.75, 3.05) is 33.0 Å². The van der Waals surface area contributed by atoms with Crippen LogP contribution in [-0.2, 0) is 13.1 Å². The Morgan fingerprint density at radius 2 is 1.84 bits per heavy atom. The zero-order valence-electron chi connectivity index (χ0n) is 18.0. The van der Waals surface area contributed by atoms with Gasteiger partial charge in [0, 0.05) is 39.3 Å². The van der Waals surface area contributed by atoms with E-state index in [2.05, 4.69) is 21.3 Å². The number of hydrogen-bond donors (Lipinski definition) is 0. The molecule has 1 aromatic carbocycles. The van der Waals surface area contributed by atoms with Crippen LogP contribution in [0.3, 0.4) is 0 Å².